The lowest BCUT2D eigenvalue weighted by molar-refractivity contribution is -0.116. The second-order valence-corrected chi connectivity index (χ2v) is 10.0. The Hall–Kier alpha value is -4.57. The van der Waals surface area contributed by atoms with Crippen LogP contribution in [0.25, 0.3) is 28.7 Å². The van der Waals surface area contributed by atoms with E-state index in [0.717, 1.165) is 11.1 Å². The molecule has 8 nitrogen and oxygen atoms in total. The largest absolute Gasteiger partial charge is 0.459 e. The highest BCUT2D eigenvalue weighted by Gasteiger charge is 2.35. The molecule has 0 unspecified atom stereocenters. The topological polar surface area (TPSA) is 114 Å². The molecule has 1 aliphatic rings. The highest BCUT2D eigenvalue weighted by Crippen LogP contribution is 2.33. The zero-order chi connectivity index (χ0) is 31.0. The lowest BCUT2D eigenvalue weighted by Gasteiger charge is -2.31. The number of hydrogen-bond donors (Lipinski definition) is 2. The number of carbonyl (C=O) groups excluding carboxylic acids is 2. The molecule has 4 heterocycles. The Bertz CT molecular complexity index is 1580. The van der Waals surface area contributed by atoms with E-state index < -0.39 is 5.92 Å². The van der Waals surface area contributed by atoms with Crippen molar-refractivity contribution in [2.24, 2.45) is 0 Å². The van der Waals surface area contributed by atoms with E-state index in [-0.39, 0.29) is 44.3 Å². The summed E-state index contributed by atoms with van der Waals surface area (Å²) in [5, 5.41) is 3.20. The number of rotatable bonds is 7. The van der Waals surface area contributed by atoms with Gasteiger partial charge in [0.05, 0.1) is 22.8 Å². The third-order valence-corrected chi connectivity index (χ3v) is 6.97. The van der Waals surface area contributed by atoms with Crippen LogP contribution in [0.3, 0.4) is 0 Å². The number of halogens is 3. The molecule has 0 radical (unpaired) electrons. The Morgan fingerprint density at radius 1 is 1.05 bits per heavy atom. The lowest BCUT2D eigenvalue weighted by atomic mass is 10.0. The van der Waals surface area contributed by atoms with Crippen molar-refractivity contribution in [3.63, 3.8) is 0 Å². The Morgan fingerprint density at radius 2 is 1.81 bits per heavy atom. The quantitative estimate of drug-likeness (QED) is 0.222. The van der Waals surface area contributed by atoms with Crippen LogP contribution in [0.4, 0.5) is 14.6 Å². The highest BCUT2D eigenvalue weighted by atomic mass is 35.5. The second-order valence-electron chi connectivity index (χ2n) is 9.61. The van der Waals surface area contributed by atoms with Crippen LogP contribution in [0.15, 0.2) is 77.5 Å². The number of anilines is 1. The van der Waals surface area contributed by atoms with Gasteiger partial charge in [0.15, 0.2) is 0 Å². The third-order valence-electron chi connectivity index (χ3n) is 6.66. The molecule has 1 aromatic carbocycles. The number of alkyl halides is 2. The Balaban J connectivity index is 0.00000207. The maximum atomic E-state index is 13.4. The summed E-state index contributed by atoms with van der Waals surface area (Å²) in [5.74, 6) is -1.83. The number of pyridine rings is 2. The molecule has 0 atom stereocenters. The Morgan fingerprint density at radius 3 is 2.47 bits per heavy atom. The molecule has 3 aromatic heterocycles. The van der Waals surface area contributed by atoms with Crippen molar-refractivity contribution < 1.29 is 22.8 Å². The van der Waals surface area contributed by atoms with Crippen molar-refractivity contribution in [3.8, 4) is 22.6 Å². The molecular formula is C32H32ClF2N5O3. The number of piperidine rings is 1. The van der Waals surface area contributed by atoms with Crippen molar-refractivity contribution in [1.82, 2.24) is 20.2 Å². The fourth-order valence-corrected chi connectivity index (χ4v) is 4.60. The molecule has 43 heavy (non-hydrogen) atoms. The van der Waals surface area contributed by atoms with Crippen LogP contribution in [0.2, 0.25) is 5.02 Å². The van der Waals surface area contributed by atoms with E-state index in [9.17, 15) is 18.4 Å². The number of nitrogens with zero attached hydrogens (tertiary/aromatic N) is 3. The van der Waals surface area contributed by atoms with E-state index in [1.54, 1.807) is 60.8 Å². The standard InChI is InChI=1S/C30H26ClF2N5O3.C2H6/c31-24-15-20(25-7-4-21(17-35-25)29(40)38-13-11-30(32,33)12-14-38)3-6-23(24)26-8-5-22(41-26)18-37-28(39)10-2-19-1-9-27(34)36-16-19;1-2/h1-10,15-17H,11-14,18H2,(H2,34,36)(H,37,39);1-2H3/b10-2+;. The summed E-state index contributed by atoms with van der Waals surface area (Å²) in [6, 6.07) is 15.7. The monoisotopic (exact) mass is 607 g/mol. The zero-order valence-corrected chi connectivity index (χ0v) is 24.6. The maximum absolute atomic E-state index is 13.4. The van der Waals surface area contributed by atoms with Gasteiger partial charge in [-0.3, -0.25) is 14.6 Å². The molecule has 11 heteroatoms. The molecule has 3 N–H and O–H groups in total. The molecule has 1 fully saturated rings. The third kappa shape index (κ3) is 8.26. The van der Waals surface area contributed by atoms with Crippen LogP contribution in [0.1, 0.15) is 48.4 Å². The molecule has 224 valence electrons. The minimum Gasteiger partial charge on any atom is -0.459 e. The second kappa shape index (κ2) is 14.1. The fraction of sp³-hybridized carbons (Fsp3) is 0.250. The normalized spacial score (nSPS) is 14.2. The number of benzene rings is 1. The summed E-state index contributed by atoms with van der Waals surface area (Å²) >= 11 is 6.56. The molecule has 2 amide bonds. The first-order chi connectivity index (χ1) is 20.7. The van der Waals surface area contributed by atoms with Crippen LogP contribution in [0.5, 0.6) is 0 Å². The Labute approximate surface area is 253 Å². The van der Waals surface area contributed by atoms with Crippen LogP contribution in [-0.4, -0.2) is 45.7 Å². The van der Waals surface area contributed by atoms with E-state index in [0.29, 0.717) is 39.2 Å². The number of likely N-dealkylation sites (tertiary alicyclic amines) is 1. The van der Waals surface area contributed by atoms with Gasteiger partial charge in [-0.1, -0.05) is 31.5 Å². The molecule has 0 spiro atoms. The van der Waals surface area contributed by atoms with Gasteiger partial charge in [-0.05, 0) is 60.2 Å². The maximum Gasteiger partial charge on any atom is 0.255 e. The number of nitrogens with two attached hydrogens (primary N) is 1. The predicted octanol–water partition coefficient (Wildman–Crippen LogP) is 6.87. The van der Waals surface area contributed by atoms with Crippen LogP contribution < -0.4 is 11.1 Å². The van der Waals surface area contributed by atoms with Crippen molar-refractivity contribution in [3.05, 3.63) is 95.0 Å². The predicted molar refractivity (Wildman–Crippen MR) is 163 cm³/mol. The van der Waals surface area contributed by atoms with Gasteiger partial charge in [0.25, 0.3) is 11.8 Å². The van der Waals surface area contributed by atoms with Gasteiger partial charge >= 0.3 is 0 Å². The summed E-state index contributed by atoms with van der Waals surface area (Å²) in [7, 11) is 0. The highest BCUT2D eigenvalue weighted by molar-refractivity contribution is 6.33. The minimum atomic E-state index is -2.72. The fourth-order valence-electron chi connectivity index (χ4n) is 4.32. The average molecular weight is 608 g/mol. The number of aromatic nitrogens is 2. The van der Waals surface area contributed by atoms with Gasteiger partial charge in [0.1, 0.15) is 17.3 Å². The van der Waals surface area contributed by atoms with Crippen molar-refractivity contribution in [2.75, 3.05) is 18.8 Å². The first-order valence-electron chi connectivity index (χ1n) is 13.9. The van der Waals surface area contributed by atoms with Crippen LogP contribution in [-0.2, 0) is 11.3 Å². The average Bonchev–Trinajstić information content (AvgIpc) is 3.49. The van der Waals surface area contributed by atoms with E-state index in [2.05, 4.69) is 15.3 Å². The molecular weight excluding hydrogens is 576 g/mol. The van der Waals surface area contributed by atoms with E-state index in [1.165, 1.54) is 17.2 Å². The van der Waals surface area contributed by atoms with E-state index in [4.69, 9.17) is 21.8 Å². The first kappa shape index (κ1) is 31.4. The SMILES string of the molecule is CC.Nc1ccc(/C=C/C(=O)NCc2ccc(-c3ccc(-c4ccc(C(=O)N5CCC(F)(F)CC5)cn4)cc3Cl)o2)cn1. The van der Waals surface area contributed by atoms with Gasteiger partial charge in [-0.2, -0.15) is 0 Å². The molecule has 4 aromatic rings. The molecule has 0 bridgehead atoms. The zero-order valence-electron chi connectivity index (χ0n) is 23.8. The minimum absolute atomic E-state index is 0.0189. The van der Waals surface area contributed by atoms with Gasteiger partial charge in [0.2, 0.25) is 5.91 Å². The van der Waals surface area contributed by atoms with Gasteiger partial charge in [-0.25, -0.2) is 13.8 Å². The number of carbonyl (C=O) groups is 2. The molecule has 0 aliphatic carbocycles. The van der Waals surface area contributed by atoms with Crippen LogP contribution >= 0.6 is 11.6 Å². The van der Waals surface area contributed by atoms with E-state index in [1.807, 2.05) is 19.9 Å². The summed E-state index contributed by atoms with van der Waals surface area (Å²) in [6.07, 6.45) is 5.39. The van der Waals surface area contributed by atoms with Crippen molar-refractivity contribution >= 4 is 35.3 Å². The Kier molecular flexibility index (Phi) is 10.3. The lowest BCUT2D eigenvalue weighted by Crippen LogP contribution is -2.42. The molecule has 5 rings (SSSR count). The van der Waals surface area contributed by atoms with Gasteiger partial charge < -0.3 is 20.4 Å². The molecule has 1 aliphatic heterocycles. The first-order valence-corrected chi connectivity index (χ1v) is 14.2. The van der Waals surface area contributed by atoms with Gasteiger partial charge in [-0.15, -0.1) is 0 Å². The number of hydrogen-bond acceptors (Lipinski definition) is 6. The summed E-state index contributed by atoms with van der Waals surface area (Å²) < 4.78 is 32.7. The van der Waals surface area contributed by atoms with Crippen molar-refractivity contribution in [2.45, 2.75) is 39.2 Å². The van der Waals surface area contributed by atoms with E-state index >= 15 is 0 Å². The summed E-state index contributed by atoms with van der Waals surface area (Å²) in [5.41, 5.74) is 8.65. The summed E-state index contributed by atoms with van der Waals surface area (Å²) in [6.45, 7) is 4.23. The van der Waals surface area contributed by atoms with Gasteiger partial charge in [0, 0.05) is 55.5 Å². The molecule has 1 saturated heterocycles. The number of furan rings is 1. The molecule has 0 saturated carbocycles. The number of nitrogen functional groups attached to an aromatic ring is 1. The van der Waals surface area contributed by atoms with Crippen LogP contribution in [0, 0.1) is 0 Å². The van der Waals surface area contributed by atoms with Crippen molar-refractivity contribution in [1.29, 1.82) is 0 Å². The number of amides is 2. The summed E-state index contributed by atoms with van der Waals surface area (Å²) in [4.78, 5) is 34.6. The number of nitrogens with one attached hydrogen (secondary N) is 1. The smallest absolute Gasteiger partial charge is 0.255 e.